The van der Waals surface area contributed by atoms with Crippen molar-refractivity contribution in [2.45, 2.75) is 12.5 Å². The molecule has 0 aromatic heterocycles. The van der Waals surface area contributed by atoms with Crippen molar-refractivity contribution >= 4 is 39.1 Å². The van der Waals surface area contributed by atoms with Crippen LogP contribution in [0, 0.1) is 11.3 Å². The Labute approximate surface area is 219 Å². The number of allylic oxidation sites excluding steroid dienone is 1. The molecule has 0 saturated heterocycles. The molecule has 0 unspecified atom stereocenters. The number of nitrogens with zero attached hydrogens (tertiary/aromatic N) is 1. The lowest BCUT2D eigenvalue weighted by Gasteiger charge is -2.28. The number of ether oxygens (including phenoxy) is 5. The van der Waals surface area contributed by atoms with Crippen molar-refractivity contribution in [3.8, 4) is 34.8 Å². The topological polar surface area (TPSA) is 96.0 Å². The van der Waals surface area contributed by atoms with Gasteiger partial charge in [-0.05, 0) is 35.9 Å². The highest BCUT2D eigenvalue weighted by molar-refractivity contribution is 9.10. The summed E-state index contributed by atoms with van der Waals surface area (Å²) in [6.07, 6.45) is 0. The molecule has 3 aromatic carbocycles. The molecule has 0 saturated carbocycles. The van der Waals surface area contributed by atoms with Crippen molar-refractivity contribution in [2.24, 2.45) is 5.73 Å². The van der Waals surface area contributed by atoms with Gasteiger partial charge in [0.25, 0.3) is 0 Å². The molecule has 0 aliphatic carbocycles. The smallest absolute Gasteiger partial charge is 0.231 e. The zero-order chi connectivity index (χ0) is 24.7. The Hall–Kier alpha value is -3.25. The molecular weight excluding hydrogens is 559 g/mol. The van der Waals surface area contributed by atoms with Crippen LogP contribution in [0.2, 0.25) is 10.0 Å². The number of rotatable bonds is 5. The fourth-order valence-electron chi connectivity index (χ4n) is 4.01. The summed E-state index contributed by atoms with van der Waals surface area (Å²) in [5.41, 5.74) is 8.62. The summed E-state index contributed by atoms with van der Waals surface area (Å²) in [5.74, 6) is 2.04. The van der Waals surface area contributed by atoms with Gasteiger partial charge in [0.1, 0.15) is 24.0 Å². The second kappa shape index (κ2) is 9.42. The van der Waals surface area contributed by atoms with Crippen molar-refractivity contribution in [3.05, 3.63) is 85.1 Å². The minimum Gasteiger partial charge on any atom is -0.493 e. The molecule has 0 fully saturated rings. The van der Waals surface area contributed by atoms with Gasteiger partial charge in [0.05, 0.1) is 13.0 Å². The van der Waals surface area contributed by atoms with Crippen molar-refractivity contribution in [3.63, 3.8) is 0 Å². The maximum absolute atomic E-state index is 9.92. The summed E-state index contributed by atoms with van der Waals surface area (Å²) in [4.78, 5) is 0. The Morgan fingerprint density at radius 3 is 2.54 bits per heavy atom. The van der Waals surface area contributed by atoms with E-state index >= 15 is 0 Å². The van der Waals surface area contributed by atoms with Crippen LogP contribution in [0.4, 0.5) is 0 Å². The predicted molar refractivity (Wildman–Crippen MR) is 133 cm³/mol. The first-order valence-electron chi connectivity index (χ1n) is 10.3. The van der Waals surface area contributed by atoms with Crippen LogP contribution in [0.15, 0.2) is 58.4 Å². The third-order valence-corrected chi connectivity index (χ3v) is 6.98. The first-order valence-corrected chi connectivity index (χ1v) is 11.9. The van der Waals surface area contributed by atoms with Gasteiger partial charge < -0.3 is 29.4 Å². The molecule has 7 nitrogen and oxygen atoms in total. The standard InChI is InChI=1S/C25H17BrCl2N2O5/c1-31-20-5-14(17(26)7-22(20)32-10-12-2-3-13(27)4-18(12)28)24-15-6-21-23(34-11-33-21)8-19(15)35-25(30)16(24)9-29/h2-8,24H,10-11,30H2,1H3/t24-/m0/s1. The maximum atomic E-state index is 9.92. The maximum Gasteiger partial charge on any atom is 0.231 e. The number of methoxy groups -OCH3 is 1. The average molecular weight is 576 g/mol. The zero-order valence-corrected chi connectivity index (χ0v) is 21.3. The van der Waals surface area contributed by atoms with Gasteiger partial charge in [0.15, 0.2) is 23.0 Å². The van der Waals surface area contributed by atoms with Gasteiger partial charge in [0, 0.05) is 31.7 Å². The van der Waals surface area contributed by atoms with Crippen LogP contribution in [0.25, 0.3) is 0 Å². The molecule has 2 aliphatic rings. The Morgan fingerprint density at radius 2 is 1.83 bits per heavy atom. The molecule has 5 rings (SSSR count). The normalized spacial score (nSPS) is 15.8. The first kappa shape index (κ1) is 23.5. The molecule has 0 radical (unpaired) electrons. The second-order valence-corrected chi connectivity index (χ2v) is 9.42. The number of halogens is 3. The monoisotopic (exact) mass is 574 g/mol. The van der Waals surface area contributed by atoms with Crippen molar-refractivity contribution in [2.75, 3.05) is 13.9 Å². The van der Waals surface area contributed by atoms with Crippen LogP contribution in [0.1, 0.15) is 22.6 Å². The van der Waals surface area contributed by atoms with Gasteiger partial charge in [-0.2, -0.15) is 5.26 Å². The van der Waals surface area contributed by atoms with Crippen molar-refractivity contribution in [1.82, 2.24) is 0 Å². The van der Waals surface area contributed by atoms with E-state index in [0.717, 1.165) is 11.1 Å². The summed E-state index contributed by atoms with van der Waals surface area (Å²) < 4.78 is 29.1. The molecule has 2 aliphatic heterocycles. The molecular formula is C25H17BrCl2N2O5. The highest BCUT2D eigenvalue weighted by atomic mass is 79.9. The number of hydrogen-bond acceptors (Lipinski definition) is 7. The molecule has 1 atom stereocenters. The minimum absolute atomic E-state index is 0.0208. The lowest BCUT2D eigenvalue weighted by atomic mass is 9.83. The van der Waals surface area contributed by atoms with Crippen molar-refractivity contribution < 1.29 is 23.7 Å². The number of benzene rings is 3. The minimum atomic E-state index is -0.540. The van der Waals surface area contributed by atoms with Crippen LogP contribution in [-0.4, -0.2) is 13.9 Å². The second-order valence-electron chi connectivity index (χ2n) is 7.72. The number of hydrogen-bond donors (Lipinski definition) is 1. The zero-order valence-electron chi connectivity index (χ0n) is 18.2. The molecule has 2 N–H and O–H groups in total. The number of fused-ring (bicyclic) bond motifs is 2. The Kier molecular flexibility index (Phi) is 6.32. The van der Waals surface area contributed by atoms with Crippen LogP contribution in [0.3, 0.4) is 0 Å². The molecule has 0 spiro atoms. The van der Waals surface area contributed by atoms with Crippen LogP contribution < -0.4 is 29.4 Å². The van der Waals surface area contributed by atoms with Crippen LogP contribution >= 0.6 is 39.1 Å². The van der Waals surface area contributed by atoms with E-state index in [2.05, 4.69) is 22.0 Å². The molecule has 35 heavy (non-hydrogen) atoms. The summed E-state index contributed by atoms with van der Waals surface area (Å²) in [6, 6.07) is 14.5. The van der Waals surface area contributed by atoms with E-state index in [0.29, 0.717) is 48.8 Å². The Morgan fingerprint density at radius 1 is 1.06 bits per heavy atom. The fraction of sp³-hybridized carbons (Fsp3) is 0.160. The Balaban J connectivity index is 1.55. The van der Waals surface area contributed by atoms with Crippen LogP contribution in [-0.2, 0) is 6.61 Å². The first-order chi connectivity index (χ1) is 16.9. The van der Waals surface area contributed by atoms with Crippen molar-refractivity contribution in [1.29, 1.82) is 5.26 Å². The molecule has 178 valence electrons. The quantitative estimate of drug-likeness (QED) is 0.382. The third kappa shape index (κ3) is 4.31. The highest BCUT2D eigenvalue weighted by Gasteiger charge is 2.35. The summed E-state index contributed by atoms with van der Waals surface area (Å²) in [6.45, 7) is 0.316. The third-order valence-electron chi connectivity index (χ3n) is 5.70. The SMILES string of the molecule is COc1cc([C@@H]2C(C#N)=C(N)Oc3cc4c(cc32)OCO4)c(Br)cc1OCc1ccc(Cl)cc1Cl. The van der Waals surface area contributed by atoms with Gasteiger partial charge in [-0.3, -0.25) is 0 Å². The highest BCUT2D eigenvalue weighted by Crippen LogP contribution is 2.50. The van der Waals surface area contributed by atoms with Gasteiger partial charge in [0.2, 0.25) is 12.7 Å². The van der Waals surface area contributed by atoms with Crippen LogP contribution in [0.5, 0.6) is 28.7 Å². The summed E-state index contributed by atoms with van der Waals surface area (Å²) in [7, 11) is 1.54. The Bertz CT molecular complexity index is 1420. The van der Waals surface area contributed by atoms with Gasteiger partial charge in [-0.15, -0.1) is 0 Å². The molecule has 0 amide bonds. The lowest BCUT2D eigenvalue weighted by molar-refractivity contribution is 0.174. The van der Waals surface area contributed by atoms with Gasteiger partial charge >= 0.3 is 0 Å². The van der Waals surface area contributed by atoms with E-state index in [1.165, 1.54) is 0 Å². The average Bonchev–Trinajstić information content (AvgIpc) is 3.29. The summed E-state index contributed by atoms with van der Waals surface area (Å²) in [5, 5.41) is 11.0. The molecule has 3 aromatic rings. The van der Waals surface area contributed by atoms with E-state index in [9.17, 15) is 5.26 Å². The van der Waals surface area contributed by atoms with E-state index in [-0.39, 0.29) is 24.9 Å². The molecule has 2 heterocycles. The lowest BCUT2D eigenvalue weighted by Crippen LogP contribution is -2.21. The summed E-state index contributed by atoms with van der Waals surface area (Å²) >= 11 is 15.9. The molecule has 10 heteroatoms. The van der Waals surface area contributed by atoms with E-state index < -0.39 is 5.92 Å². The number of nitriles is 1. The predicted octanol–water partition coefficient (Wildman–Crippen LogP) is 6.29. The largest absolute Gasteiger partial charge is 0.493 e. The van der Waals surface area contributed by atoms with E-state index in [1.54, 1.807) is 49.6 Å². The van der Waals surface area contributed by atoms with E-state index in [4.69, 9.17) is 52.6 Å². The van der Waals surface area contributed by atoms with Gasteiger partial charge in [-0.1, -0.05) is 45.2 Å². The number of nitrogens with two attached hydrogens (primary N) is 1. The van der Waals surface area contributed by atoms with Gasteiger partial charge in [-0.25, -0.2) is 0 Å². The fourth-order valence-corrected chi connectivity index (χ4v) is 5.02. The molecule has 0 bridgehead atoms. The van der Waals surface area contributed by atoms with E-state index in [1.807, 2.05) is 0 Å².